The summed E-state index contributed by atoms with van der Waals surface area (Å²) in [7, 11) is 1.55. The number of methoxy groups -OCH3 is 1. The first-order chi connectivity index (χ1) is 11.5. The molecular weight excluding hydrogens is 330 g/mol. The van der Waals surface area contributed by atoms with Crippen LogP contribution in [0.4, 0.5) is 0 Å². The molecule has 8 heteroatoms. The molecule has 0 radical (unpaired) electrons. The number of thiophene rings is 1. The molecule has 2 heterocycles. The fraction of sp³-hybridized carbons (Fsp3) is 0.562. The Labute approximate surface area is 143 Å². The van der Waals surface area contributed by atoms with E-state index in [4.69, 9.17) is 4.74 Å². The van der Waals surface area contributed by atoms with Gasteiger partial charge in [0.05, 0.1) is 12.1 Å². The van der Waals surface area contributed by atoms with Gasteiger partial charge in [0.1, 0.15) is 11.2 Å². The molecule has 0 saturated carbocycles. The Morgan fingerprint density at radius 1 is 1.33 bits per heavy atom. The van der Waals surface area contributed by atoms with Crippen molar-refractivity contribution in [3.8, 4) is 0 Å². The molecule has 2 rings (SSSR count). The maximum atomic E-state index is 12.7. The highest BCUT2D eigenvalue weighted by Gasteiger charge is 2.16. The number of aromatic nitrogens is 2. The van der Waals surface area contributed by atoms with Gasteiger partial charge in [0.2, 0.25) is 5.91 Å². The Morgan fingerprint density at radius 3 is 2.75 bits per heavy atom. The van der Waals surface area contributed by atoms with Gasteiger partial charge in [0.15, 0.2) is 0 Å². The molecule has 24 heavy (non-hydrogen) atoms. The quantitative estimate of drug-likeness (QED) is 0.719. The number of nitrogens with one attached hydrogen (secondary N) is 1. The highest BCUT2D eigenvalue weighted by atomic mass is 32.1. The summed E-state index contributed by atoms with van der Waals surface area (Å²) in [5.41, 5.74) is -0.201. The molecule has 0 aliphatic rings. The van der Waals surface area contributed by atoms with Crippen LogP contribution >= 0.6 is 11.3 Å². The Bertz CT molecular complexity index is 819. The van der Waals surface area contributed by atoms with Crippen LogP contribution in [0, 0.1) is 5.92 Å². The second-order valence-corrected chi connectivity index (χ2v) is 6.90. The van der Waals surface area contributed by atoms with Crippen molar-refractivity contribution in [3.05, 3.63) is 32.3 Å². The molecule has 0 bridgehead atoms. The highest BCUT2D eigenvalue weighted by Crippen LogP contribution is 2.15. The summed E-state index contributed by atoms with van der Waals surface area (Å²) in [5.74, 6) is 0.0943. The van der Waals surface area contributed by atoms with Gasteiger partial charge in [0.25, 0.3) is 5.56 Å². The maximum Gasteiger partial charge on any atom is 0.332 e. The second kappa shape index (κ2) is 8.25. The SMILES string of the molecule is COCCNC(=O)Cn1c(=O)n(CCC(C)C)c(=O)c2sccc21. The van der Waals surface area contributed by atoms with Crippen LogP contribution in [0.5, 0.6) is 0 Å². The minimum absolute atomic E-state index is 0.113. The number of carbonyl (C=O) groups excluding carboxylic acids is 1. The summed E-state index contributed by atoms with van der Waals surface area (Å²) in [6.45, 7) is 5.10. The van der Waals surface area contributed by atoms with E-state index in [9.17, 15) is 14.4 Å². The van der Waals surface area contributed by atoms with Crippen LogP contribution < -0.4 is 16.6 Å². The lowest BCUT2D eigenvalue weighted by Gasteiger charge is -2.13. The molecule has 132 valence electrons. The molecule has 0 atom stereocenters. The molecule has 1 N–H and O–H groups in total. The van der Waals surface area contributed by atoms with Crippen LogP contribution in [0.1, 0.15) is 20.3 Å². The number of hydrogen-bond acceptors (Lipinski definition) is 5. The Kier molecular flexibility index (Phi) is 6.33. The van der Waals surface area contributed by atoms with Gasteiger partial charge >= 0.3 is 5.69 Å². The van der Waals surface area contributed by atoms with Crippen molar-refractivity contribution in [2.75, 3.05) is 20.3 Å². The maximum absolute atomic E-state index is 12.7. The van der Waals surface area contributed by atoms with E-state index in [-0.39, 0.29) is 18.0 Å². The van der Waals surface area contributed by atoms with Crippen molar-refractivity contribution >= 4 is 27.5 Å². The van der Waals surface area contributed by atoms with Gasteiger partial charge in [-0.2, -0.15) is 0 Å². The highest BCUT2D eigenvalue weighted by molar-refractivity contribution is 7.17. The van der Waals surface area contributed by atoms with Crippen molar-refractivity contribution in [1.82, 2.24) is 14.5 Å². The van der Waals surface area contributed by atoms with E-state index < -0.39 is 5.69 Å². The number of ether oxygens (including phenoxy) is 1. The van der Waals surface area contributed by atoms with E-state index in [1.165, 1.54) is 20.5 Å². The summed E-state index contributed by atoms with van der Waals surface area (Å²) in [6.07, 6.45) is 0.728. The summed E-state index contributed by atoms with van der Waals surface area (Å²) in [5, 5.41) is 4.45. The predicted octanol–water partition coefficient (Wildman–Crippen LogP) is 1.03. The lowest BCUT2D eigenvalue weighted by atomic mass is 10.1. The fourth-order valence-corrected chi connectivity index (χ4v) is 3.21. The molecule has 0 aliphatic heterocycles. The number of rotatable bonds is 8. The first kappa shape index (κ1) is 18.4. The first-order valence-electron chi connectivity index (χ1n) is 7.92. The Balaban J connectivity index is 2.37. The molecule has 0 fully saturated rings. The molecule has 2 aromatic heterocycles. The van der Waals surface area contributed by atoms with Crippen molar-refractivity contribution in [3.63, 3.8) is 0 Å². The molecule has 0 spiro atoms. The number of carbonyl (C=O) groups is 1. The predicted molar refractivity (Wildman–Crippen MR) is 94.7 cm³/mol. The van der Waals surface area contributed by atoms with E-state index >= 15 is 0 Å². The zero-order chi connectivity index (χ0) is 17.7. The second-order valence-electron chi connectivity index (χ2n) is 5.99. The monoisotopic (exact) mass is 353 g/mol. The van der Waals surface area contributed by atoms with Gasteiger partial charge in [-0.15, -0.1) is 11.3 Å². The Morgan fingerprint density at radius 2 is 2.08 bits per heavy atom. The van der Waals surface area contributed by atoms with Gasteiger partial charge in [0, 0.05) is 20.2 Å². The number of hydrogen-bond donors (Lipinski definition) is 1. The smallest absolute Gasteiger partial charge is 0.332 e. The zero-order valence-electron chi connectivity index (χ0n) is 14.2. The van der Waals surface area contributed by atoms with Crippen LogP contribution in [-0.2, 0) is 22.6 Å². The molecule has 0 saturated heterocycles. The minimum atomic E-state index is -0.437. The lowest BCUT2D eigenvalue weighted by Crippen LogP contribution is -2.42. The van der Waals surface area contributed by atoms with Crippen LogP contribution in [0.25, 0.3) is 10.2 Å². The summed E-state index contributed by atoms with van der Waals surface area (Å²) >= 11 is 1.29. The minimum Gasteiger partial charge on any atom is -0.383 e. The van der Waals surface area contributed by atoms with E-state index in [0.29, 0.717) is 35.8 Å². The summed E-state index contributed by atoms with van der Waals surface area (Å²) < 4.78 is 8.00. The molecule has 7 nitrogen and oxygen atoms in total. The van der Waals surface area contributed by atoms with E-state index in [2.05, 4.69) is 5.32 Å². The normalized spacial score (nSPS) is 11.3. The topological polar surface area (TPSA) is 82.3 Å². The van der Waals surface area contributed by atoms with Crippen LogP contribution in [0.2, 0.25) is 0 Å². The molecule has 0 unspecified atom stereocenters. The zero-order valence-corrected chi connectivity index (χ0v) is 15.0. The van der Waals surface area contributed by atoms with Gasteiger partial charge in [-0.25, -0.2) is 4.79 Å². The standard InChI is InChI=1S/C16H23N3O4S/c1-11(2)4-7-18-15(21)14-12(5-9-24-14)19(16(18)22)10-13(20)17-6-8-23-3/h5,9,11H,4,6-8,10H2,1-3H3,(H,17,20). The van der Waals surface area contributed by atoms with Gasteiger partial charge in [-0.1, -0.05) is 13.8 Å². The van der Waals surface area contributed by atoms with Gasteiger partial charge in [-0.3, -0.25) is 18.7 Å². The fourth-order valence-electron chi connectivity index (χ4n) is 2.36. The van der Waals surface area contributed by atoms with Gasteiger partial charge < -0.3 is 10.1 Å². The number of nitrogens with zero attached hydrogens (tertiary/aromatic N) is 2. The molecule has 2 aromatic rings. The average molecular weight is 353 g/mol. The molecule has 0 aliphatic carbocycles. The first-order valence-corrected chi connectivity index (χ1v) is 8.80. The lowest BCUT2D eigenvalue weighted by molar-refractivity contribution is -0.121. The molecular formula is C16H23N3O4S. The number of amides is 1. The third kappa shape index (κ3) is 4.12. The summed E-state index contributed by atoms with van der Waals surface area (Å²) in [4.78, 5) is 37.3. The Hall–Kier alpha value is -1.93. The average Bonchev–Trinajstić information content (AvgIpc) is 3.01. The summed E-state index contributed by atoms with van der Waals surface area (Å²) in [6, 6.07) is 1.71. The molecule has 0 aromatic carbocycles. The van der Waals surface area contributed by atoms with Crippen LogP contribution in [-0.4, -0.2) is 35.3 Å². The van der Waals surface area contributed by atoms with Gasteiger partial charge in [-0.05, 0) is 23.8 Å². The van der Waals surface area contributed by atoms with Crippen molar-refractivity contribution < 1.29 is 9.53 Å². The molecule has 1 amide bonds. The van der Waals surface area contributed by atoms with E-state index in [0.717, 1.165) is 6.42 Å². The van der Waals surface area contributed by atoms with Crippen LogP contribution in [0.15, 0.2) is 21.0 Å². The van der Waals surface area contributed by atoms with Crippen molar-refractivity contribution in [2.45, 2.75) is 33.4 Å². The number of fused-ring (bicyclic) bond motifs is 1. The van der Waals surface area contributed by atoms with E-state index in [1.54, 1.807) is 18.6 Å². The third-order valence-electron chi connectivity index (χ3n) is 3.70. The largest absolute Gasteiger partial charge is 0.383 e. The van der Waals surface area contributed by atoms with Crippen LogP contribution in [0.3, 0.4) is 0 Å². The third-order valence-corrected chi connectivity index (χ3v) is 4.59. The van der Waals surface area contributed by atoms with Crippen molar-refractivity contribution in [2.24, 2.45) is 5.92 Å². The van der Waals surface area contributed by atoms with E-state index in [1.807, 2.05) is 13.8 Å². The van der Waals surface area contributed by atoms with Crippen molar-refractivity contribution in [1.29, 1.82) is 0 Å².